The molecule has 3 N–H and O–H groups in total. The van der Waals surface area contributed by atoms with Gasteiger partial charge in [0.15, 0.2) is 0 Å². The van der Waals surface area contributed by atoms with Crippen molar-refractivity contribution in [1.29, 1.82) is 0 Å². The zero-order valence-electron chi connectivity index (χ0n) is 9.87. The number of allylic oxidation sites excluding steroid dienone is 1. The highest BCUT2D eigenvalue weighted by molar-refractivity contribution is 5.83. The Kier molecular flexibility index (Phi) is 2.97. The van der Waals surface area contributed by atoms with Gasteiger partial charge in [0.05, 0.1) is 0 Å². The lowest BCUT2D eigenvalue weighted by Crippen LogP contribution is -2.40. The van der Waals surface area contributed by atoms with E-state index in [0.29, 0.717) is 5.56 Å². The molecule has 1 aromatic rings. The monoisotopic (exact) mass is 246 g/mol. The lowest BCUT2D eigenvalue weighted by Gasteiger charge is -2.34. The molecule has 0 fully saturated rings. The summed E-state index contributed by atoms with van der Waals surface area (Å²) in [7, 11) is 0. The molecule has 4 heteroatoms. The number of hydrogen-bond acceptors (Lipinski definition) is 4. The van der Waals surface area contributed by atoms with E-state index in [9.17, 15) is 20.1 Å². The summed E-state index contributed by atoms with van der Waals surface area (Å²) in [5.74, 6) is -2.08. The molecule has 2 rings (SSSR count). The van der Waals surface area contributed by atoms with Crippen molar-refractivity contribution in [2.45, 2.75) is 12.5 Å². The third-order valence-corrected chi connectivity index (χ3v) is 3.04. The fourth-order valence-electron chi connectivity index (χ4n) is 2.28. The van der Waals surface area contributed by atoms with Crippen LogP contribution >= 0.6 is 0 Å². The van der Waals surface area contributed by atoms with E-state index in [1.807, 2.05) is 0 Å². The van der Waals surface area contributed by atoms with Gasteiger partial charge in [0.25, 0.3) is 0 Å². The number of carbonyl (C=O) groups is 1. The Bertz CT molecular complexity index is 530. The smallest absolute Gasteiger partial charge is 0.144 e. The summed E-state index contributed by atoms with van der Waals surface area (Å²) in [5, 5.41) is 30.0. The first-order chi connectivity index (χ1) is 8.45. The Hall–Kier alpha value is -2.07. The largest absolute Gasteiger partial charge is 0.511 e. The van der Waals surface area contributed by atoms with Gasteiger partial charge in [-0.2, -0.15) is 0 Å². The number of carbonyl (C=O) groups excluding carboxylic acids is 1. The number of ketones is 1. The molecule has 2 unspecified atom stereocenters. The van der Waals surface area contributed by atoms with Crippen LogP contribution in [-0.2, 0) is 10.4 Å². The molecular formula is C14H14O4. The van der Waals surface area contributed by atoms with Gasteiger partial charge >= 0.3 is 0 Å². The molecule has 0 aliphatic heterocycles. The standard InChI is InChI=1S/C14H14O4/c1-9(15)13-12(17)7-11(16)8-14(13,18)10-5-3-2-4-6-10/h2-8,13,16-18H,1H3. The lowest BCUT2D eigenvalue weighted by molar-refractivity contribution is -0.127. The van der Waals surface area contributed by atoms with Gasteiger partial charge in [0.2, 0.25) is 0 Å². The molecule has 0 saturated carbocycles. The summed E-state index contributed by atoms with van der Waals surface area (Å²) >= 11 is 0. The Morgan fingerprint density at radius 2 is 1.83 bits per heavy atom. The fraction of sp³-hybridized carbons (Fsp3) is 0.214. The number of aliphatic hydroxyl groups is 3. The van der Waals surface area contributed by atoms with Gasteiger partial charge in [-0.05, 0) is 18.6 Å². The van der Waals surface area contributed by atoms with Crippen LogP contribution in [0.3, 0.4) is 0 Å². The van der Waals surface area contributed by atoms with Gasteiger partial charge in [-0.25, -0.2) is 0 Å². The Balaban J connectivity index is 2.59. The van der Waals surface area contributed by atoms with Crippen LogP contribution in [0.4, 0.5) is 0 Å². The number of benzene rings is 1. The van der Waals surface area contributed by atoms with E-state index < -0.39 is 11.5 Å². The van der Waals surface area contributed by atoms with E-state index in [0.717, 1.165) is 6.08 Å². The highest BCUT2D eigenvalue weighted by atomic mass is 16.3. The van der Waals surface area contributed by atoms with Crippen LogP contribution < -0.4 is 0 Å². The van der Waals surface area contributed by atoms with Crippen molar-refractivity contribution < 1.29 is 20.1 Å². The minimum atomic E-state index is -1.73. The summed E-state index contributed by atoms with van der Waals surface area (Å²) in [5.41, 5.74) is -1.29. The predicted molar refractivity (Wildman–Crippen MR) is 65.9 cm³/mol. The summed E-state index contributed by atoms with van der Waals surface area (Å²) < 4.78 is 0. The number of aliphatic hydroxyl groups excluding tert-OH is 2. The predicted octanol–water partition coefficient (Wildman–Crippen LogP) is 1.98. The molecule has 4 nitrogen and oxygen atoms in total. The van der Waals surface area contributed by atoms with Crippen molar-refractivity contribution in [3.63, 3.8) is 0 Å². The minimum Gasteiger partial charge on any atom is -0.511 e. The second-order valence-electron chi connectivity index (χ2n) is 4.37. The number of rotatable bonds is 2. The van der Waals surface area contributed by atoms with E-state index in [-0.39, 0.29) is 17.3 Å². The zero-order chi connectivity index (χ0) is 13.3. The quantitative estimate of drug-likeness (QED) is 0.745. The average Bonchev–Trinajstić information content (AvgIpc) is 2.28. The van der Waals surface area contributed by atoms with Crippen LogP contribution in [-0.4, -0.2) is 21.1 Å². The maximum atomic E-state index is 11.6. The number of Topliss-reactive ketones (excluding diaryl/α,β-unsaturated/α-hetero) is 1. The van der Waals surface area contributed by atoms with Gasteiger partial charge in [-0.1, -0.05) is 30.3 Å². The normalized spacial score (nSPS) is 27.3. The molecule has 0 saturated heterocycles. The minimum absolute atomic E-state index is 0.267. The second-order valence-corrected chi connectivity index (χ2v) is 4.37. The molecular weight excluding hydrogens is 232 g/mol. The molecule has 1 aromatic carbocycles. The van der Waals surface area contributed by atoms with Gasteiger partial charge in [0, 0.05) is 6.08 Å². The lowest BCUT2D eigenvalue weighted by atomic mass is 9.75. The summed E-state index contributed by atoms with van der Waals surface area (Å²) in [6.45, 7) is 1.29. The molecule has 2 atom stereocenters. The average molecular weight is 246 g/mol. The van der Waals surface area contributed by atoms with Crippen LogP contribution in [0.2, 0.25) is 0 Å². The first-order valence-corrected chi connectivity index (χ1v) is 5.56. The Morgan fingerprint density at radius 3 is 2.39 bits per heavy atom. The van der Waals surface area contributed by atoms with E-state index in [1.165, 1.54) is 13.0 Å². The van der Waals surface area contributed by atoms with Crippen LogP contribution in [0.1, 0.15) is 12.5 Å². The molecule has 1 aliphatic carbocycles. The molecule has 1 aliphatic rings. The van der Waals surface area contributed by atoms with Crippen molar-refractivity contribution in [2.75, 3.05) is 0 Å². The first kappa shape index (κ1) is 12.4. The highest BCUT2D eigenvalue weighted by Gasteiger charge is 2.44. The first-order valence-electron chi connectivity index (χ1n) is 5.56. The summed E-state index contributed by atoms with van der Waals surface area (Å²) in [4.78, 5) is 11.6. The van der Waals surface area contributed by atoms with Crippen molar-refractivity contribution in [1.82, 2.24) is 0 Å². The van der Waals surface area contributed by atoms with Crippen LogP contribution in [0.25, 0.3) is 0 Å². The maximum Gasteiger partial charge on any atom is 0.144 e. The Labute approximate surface area is 105 Å². The van der Waals surface area contributed by atoms with Gasteiger partial charge < -0.3 is 15.3 Å². The SMILES string of the molecule is CC(=O)C1C(O)=CC(O)=CC1(O)c1ccccc1. The zero-order valence-corrected chi connectivity index (χ0v) is 9.87. The van der Waals surface area contributed by atoms with E-state index in [2.05, 4.69) is 0 Å². The molecule has 0 spiro atoms. The van der Waals surface area contributed by atoms with Gasteiger partial charge in [-0.3, -0.25) is 4.79 Å². The molecule has 94 valence electrons. The molecule has 0 radical (unpaired) electrons. The second kappa shape index (κ2) is 4.31. The van der Waals surface area contributed by atoms with Crippen LogP contribution in [0, 0.1) is 5.92 Å². The molecule has 18 heavy (non-hydrogen) atoms. The summed E-state index contributed by atoms with van der Waals surface area (Å²) in [6, 6.07) is 8.48. The van der Waals surface area contributed by atoms with E-state index >= 15 is 0 Å². The van der Waals surface area contributed by atoms with Crippen molar-refractivity contribution >= 4 is 5.78 Å². The van der Waals surface area contributed by atoms with Gasteiger partial charge in [0.1, 0.15) is 28.8 Å². The third kappa shape index (κ3) is 1.91. The molecule has 0 heterocycles. The van der Waals surface area contributed by atoms with E-state index in [4.69, 9.17) is 0 Å². The van der Waals surface area contributed by atoms with Crippen LogP contribution in [0.15, 0.2) is 54.0 Å². The highest BCUT2D eigenvalue weighted by Crippen LogP contribution is 2.39. The van der Waals surface area contributed by atoms with Gasteiger partial charge in [-0.15, -0.1) is 0 Å². The third-order valence-electron chi connectivity index (χ3n) is 3.04. The molecule has 0 amide bonds. The number of hydrogen-bond donors (Lipinski definition) is 3. The Morgan fingerprint density at radius 1 is 1.22 bits per heavy atom. The fourth-order valence-corrected chi connectivity index (χ4v) is 2.28. The topological polar surface area (TPSA) is 77.8 Å². The van der Waals surface area contributed by atoms with Crippen molar-refractivity contribution in [2.24, 2.45) is 5.92 Å². The molecule has 0 bridgehead atoms. The summed E-state index contributed by atoms with van der Waals surface area (Å²) in [6.07, 6.45) is 2.25. The van der Waals surface area contributed by atoms with Crippen molar-refractivity contribution in [3.05, 3.63) is 59.6 Å². The van der Waals surface area contributed by atoms with E-state index in [1.54, 1.807) is 30.3 Å². The molecule has 0 aromatic heterocycles. The van der Waals surface area contributed by atoms with Crippen molar-refractivity contribution in [3.8, 4) is 0 Å². The van der Waals surface area contributed by atoms with Crippen LogP contribution in [0.5, 0.6) is 0 Å². The maximum absolute atomic E-state index is 11.6.